The summed E-state index contributed by atoms with van der Waals surface area (Å²) in [7, 11) is 1.38. The zero-order valence-electron chi connectivity index (χ0n) is 12.9. The first kappa shape index (κ1) is 15.5. The van der Waals surface area contributed by atoms with Gasteiger partial charge < -0.3 is 4.74 Å². The molecule has 1 aliphatic carbocycles. The molecule has 0 saturated heterocycles. The molecule has 0 amide bonds. The van der Waals surface area contributed by atoms with Gasteiger partial charge in [-0.3, -0.25) is 9.59 Å². The van der Waals surface area contributed by atoms with Crippen molar-refractivity contribution in [2.45, 2.75) is 33.1 Å². The van der Waals surface area contributed by atoms with Gasteiger partial charge in [-0.2, -0.15) is 0 Å². The van der Waals surface area contributed by atoms with E-state index in [1.165, 1.54) is 12.7 Å². The summed E-state index contributed by atoms with van der Waals surface area (Å²) in [5.74, 6) is -0.289. The maximum Gasteiger partial charge on any atom is 0.309 e. The third kappa shape index (κ3) is 3.81. The van der Waals surface area contributed by atoms with Crippen LogP contribution in [0.2, 0.25) is 0 Å². The van der Waals surface area contributed by atoms with Crippen LogP contribution in [0.3, 0.4) is 0 Å². The number of benzene rings is 1. The lowest BCUT2D eigenvalue weighted by atomic mass is 9.90. The maximum atomic E-state index is 12.4. The zero-order valence-corrected chi connectivity index (χ0v) is 12.9. The first-order chi connectivity index (χ1) is 10.0. The van der Waals surface area contributed by atoms with E-state index in [2.05, 4.69) is 6.08 Å². The van der Waals surface area contributed by atoms with Gasteiger partial charge in [0.1, 0.15) is 0 Å². The molecule has 0 radical (unpaired) electrons. The van der Waals surface area contributed by atoms with Crippen LogP contribution in [0.4, 0.5) is 0 Å². The molecule has 3 nitrogen and oxygen atoms in total. The van der Waals surface area contributed by atoms with E-state index in [4.69, 9.17) is 4.74 Å². The van der Waals surface area contributed by atoms with E-state index in [-0.39, 0.29) is 24.1 Å². The van der Waals surface area contributed by atoms with Gasteiger partial charge in [0.25, 0.3) is 0 Å². The second-order valence-corrected chi connectivity index (χ2v) is 6.00. The molecule has 0 spiro atoms. The fourth-order valence-electron chi connectivity index (χ4n) is 2.76. The Balaban J connectivity index is 2.11. The molecule has 0 N–H and O–H groups in total. The predicted molar refractivity (Wildman–Crippen MR) is 83.1 cm³/mol. The van der Waals surface area contributed by atoms with Crippen molar-refractivity contribution in [1.82, 2.24) is 0 Å². The van der Waals surface area contributed by atoms with E-state index in [0.29, 0.717) is 17.9 Å². The lowest BCUT2D eigenvalue weighted by Gasteiger charge is -2.16. The standard InChI is InChI=1S/C18H22O3/c1-12(2)9-16(18(20)21-3)11-17(19)15-8-7-13-5-4-6-14(13)10-15/h4,6-8,10,12,16H,5,9,11H2,1-3H3/t16-/m0/s1. The van der Waals surface area contributed by atoms with Gasteiger partial charge >= 0.3 is 5.97 Å². The Morgan fingerprint density at radius 2 is 2.05 bits per heavy atom. The minimum atomic E-state index is -0.355. The average Bonchev–Trinajstić information content (AvgIpc) is 2.92. The van der Waals surface area contributed by atoms with Crippen LogP contribution < -0.4 is 0 Å². The summed E-state index contributed by atoms with van der Waals surface area (Å²) in [5.41, 5.74) is 3.04. The summed E-state index contributed by atoms with van der Waals surface area (Å²) >= 11 is 0. The first-order valence-electron chi connectivity index (χ1n) is 7.41. The molecule has 21 heavy (non-hydrogen) atoms. The largest absolute Gasteiger partial charge is 0.469 e. The molecule has 0 bridgehead atoms. The normalized spacial score (nSPS) is 14.1. The second kappa shape index (κ2) is 6.70. The Labute approximate surface area is 126 Å². The Hall–Kier alpha value is -1.90. The summed E-state index contributed by atoms with van der Waals surface area (Å²) in [4.78, 5) is 24.2. The third-order valence-electron chi connectivity index (χ3n) is 3.83. The Morgan fingerprint density at radius 1 is 1.29 bits per heavy atom. The maximum absolute atomic E-state index is 12.4. The number of ketones is 1. The Kier molecular flexibility index (Phi) is 4.94. The van der Waals surface area contributed by atoms with Crippen LogP contribution in [0, 0.1) is 11.8 Å². The molecule has 0 unspecified atom stereocenters. The molecule has 0 heterocycles. The van der Waals surface area contributed by atoms with Gasteiger partial charge in [0.15, 0.2) is 5.78 Å². The zero-order chi connectivity index (χ0) is 15.4. The van der Waals surface area contributed by atoms with Gasteiger partial charge in [-0.1, -0.05) is 38.1 Å². The molecule has 3 heteroatoms. The highest BCUT2D eigenvalue weighted by molar-refractivity contribution is 5.98. The van der Waals surface area contributed by atoms with Crippen LogP contribution >= 0.6 is 0 Å². The number of esters is 1. The fourth-order valence-corrected chi connectivity index (χ4v) is 2.76. The number of carbonyl (C=O) groups excluding carboxylic acids is 2. The predicted octanol–water partition coefficient (Wildman–Crippen LogP) is 3.66. The molecule has 0 aromatic heterocycles. The van der Waals surface area contributed by atoms with E-state index in [9.17, 15) is 9.59 Å². The lowest BCUT2D eigenvalue weighted by molar-refractivity contribution is -0.145. The highest BCUT2D eigenvalue weighted by Crippen LogP contribution is 2.24. The van der Waals surface area contributed by atoms with Crippen molar-refractivity contribution < 1.29 is 14.3 Å². The molecule has 1 aromatic carbocycles. The van der Waals surface area contributed by atoms with E-state index in [1.54, 1.807) is 0 Å². The summed E-state index contributed by atoms with van der Waals surface area (Å²) < 4.78 is 4.82. The average molecular weight is 286 g/mol. The van der Waals surface area contributed by atoms with Gasteiger partial charge in [0.05, 0.1) is 13.0 Å². The summed E-state index contributed by atoms with van der Waals surface area (Å²) in [5, 5.41) is 0. The SMILES string of the molecule is COC(=O)[C@H](CC(=O)c1ccc2c(c1)C=CC2)CC(C)C. The Bertz CT molecular complexity index is 570. The number of Topliss-reactive ketones (excluding diaryl/α,β-unsaturated/α-hetero) is 1. The quantitative estimate of drug-likeness (QED) is 0.592. The number of carbonyl (C=O) groups is 2. The van der Waals surface area contributed by atoms with Gasteiger partial charge in [0.2, 0.25) is 0 Å². The molecule has 1 atom stereocenters. The van der Waals surface area contributed by atoms with Gasteiger partial charge in [-0.15, -0.1) is 0 Å². The van der Waals surface area contributed by atoms with Crippen LogP contribution in [0.5, 0.6) is 0 Å². The number of ether oxygens (including phenoxy) is 1. The number of methoxy groups -OCH3 is 1. The van der Waals surface area contributed by atoms with E-state index in [1.807, 2.05) is 38.1 Å². The molecular weight excluding hydrogens is 264 g/mol. The van der Waals surface area contributed by atoms with Crippen molar-refractivity contribution >= 4 is 17.8 Å². The van der Waals surface area contributed by atoms with Gasteiger partial charge in [0, 0.05) is 12.0 Å². The smallest absolute Gasteiger partial charge is 0.309 e. The number of fused-ring (bicyclic) bond motifs is 1. The van der Waals surface area contributed by atoms with Crippen molar-refractivity contribution in [3.63, 3.8) is 0 Å². The van der Waals surface area contributed by atoms with Crippen molar-refractivity contribution in [1.29, 1.82) is 0 Å². The highest BCUT2D eigenvalue weighted by Gasteiger charge is 2.24. The number of hydrogen-bond donors (Lipinski definition) is 0. The number of allylic oxidation sites excluding steroid dienone is 1. The van der Waals surface area contributed by atoms with Crippen molar-refractivity contribution in [2.75, 3.05) is 7.11 Å². The van der Waals surface area contributed by atoms with Crippen LogP contribution in [0.25, 0.3) is 6.08 Å². The topological polar surface area (TPSA) is 43.4 Å². The number of rotatable bonds is 6. The van der Waals surface area contributed by atoms with E-state index >= 15 is 0 Å². The first-order valence-corrected chi connectivity index (χ1v) is 7.41. The third-order valence-corrected chi connectivity index (χ3v) is 3.83. The van der Waals surface area contributed by atoms with Crippen LogP contribution in [-0.4, -0.2) is 18.9 Å². The van der Waals surface area contributed by atoms with Crippen molar-refractivity contribution in [3.05, 3.63) is 41.0 Å². The Morgan fingerprint density at radius 3 is 2.71 bits per heavy atom. The van der Waals surface area contributed by atoms with Gasteiger partial charge in [-0.25, -0.2) is 0 Å². The summed E-state index contributed by atoms with van der Waals surface area (Å²) in [6, 6.07) is 5.78. The molecule has 112 valence electrons. The fraction of sp³-hybridized carbons (Fsp3) is 0.444. The van der Waals surface area contributed by atoms with Crippen LogP contribution in [0.1, 0.15) is 48.2 Å². The monoisotopic (exact) mass is 286 g/mol. The molecule has 0 fully saturated rings. The highest BCUT2D eigenvalue weighted by atomic mass is 16.5. The van der Waals surface area contributed by atoms with Crippen molar-refractivity contribution in [2.24, 2.45) is 11.8 Å². The second-order valence-electron chi connectivity index (χ2n) is 6.00. The van der Waals surface area contributed by atoms with Crippen LogP contribution in [-0.2, 0) is 16.0 Å². The molecule has 0 aliphatic heterocycles. The van der Waals surface area contributed by atoms with E-state index in [0.717, 1.165) is 12.0 Å². The van der Waals surface area contributed by atoms with Crippen molar-refractivity contribution in [3.8, 4) is 0 Å². The van der Waals surface area contributed by atoms with Gasteiger partial charge in [-0.05, 0) is 36.0 Å². The van der Waals surface area contributed by atoms with E-state index < -0.39 is 0 Å². The molecule has 0 saturated carbocycles. The molecule has 2 rings (SSSR count). The number of hydrogen-bond acceptors (Lipinski definition) is 3. The minimum Gasteiger partial charge on any atom is -0.469 e. The molecular formula is C18H22O3. The summed E-state index contributed by atoms with van der Waals surface area (Å²) in [6.45, 7) is 4.08. The van der Waals surface area contributed by atoms with Crippen LogP contribution in [0.15, 0.2) is 24.3 Å². The molecule has 1 aromatic rings. The lowest BCUT2D eigenvalue weighted by Crippen LogP contribution is -2.21. The summed E-state index contributed by atoms with van der Waals surface area (Å²) in [6.07, 6.45) is 5.95. The minimum absolute atomic E-state index is 0.00847. The molecule has 1 aliphatic rings.